The van der Waals surface area contributed by atoms with Crippen LogP contribution < -0.4 is 4.90 Å². The van der Waals surface area contributed by atoms with Crippen LogP contribution in [0.3, 0.4) is 0 Å². The second-order valence-corrected chi connectivity index (χ2v) is 6.47. The molecule has 1 aromatic heterocycles. The van der Waals surface area contributed by atoms with Crippen LogP contribution in [0.4, 0.5) is 5.82 Å². The van der Waals surface area contributed by atoms with E-state index in [4.69, 9.17) is 4.98 Å². The highest BCUT2D eigenvalue weighted by atomic mass is 15.2. The summed E-state index contributed by atoms with van der Waals surface area (Å²) in [5.74, 6) is 1.25. The molecule has 1 aromatic carbocycles. The first-order valence-corrected chi connectivity index (χ1v) is 9.08. The minimum atomic E-state index is 0.657. The molecule has 23 heavy (non-hydrogen) atoms. The monoisotopic (exact) mass is 308 g/mol. The van der Waals surface area contributed by atoms with E-state index in [1.807, 2.05) is 0 Å². The van der Waals surface area contributed by atoms with Crippen molar-refractivity contribution >= 4 is 5.82 Å². The molecule has 0 aliphatic carbocycles. The quantitative estimate of drug-likeness (QED) is 0.790. The predicted molar refractivity (Wildman–Crippen MR) is 98.3 cm³/mol. The Kier molecular flexibility index (Phi) is 5.00. The van der Waals surface area contributed by atoms with Crippen LogP contribution in [0, 0.1) is 0 Å². The van der Waals surface area contributed by atoms with Crippen molar-refractivity contribution in [2.45, 2.75) is 58.9 Å². The molecule has 3 rings (SSSR count). The Balaban J connectivity index is 1.99. The smallest absolute Gasteiger partial charge is 0.132 e. The van der Waals surface area contributed by atoms with Crippen LogP contribution >= 0.6 is 0 Å². The Labute approximate surface area is 140 Å². The SMILES string of the molecule is CCc1c(Cc2ccccc2)cnc2c1CC[C@H](CC)N2CC. The molecule has 122 valence electrons. The van der Waals surface area contributed by atoms with Gasteiger partial charge in [0.1, 0.15) is 5.82 Å². The van der Waals surface area contributed by atoms with Gasteiger partial charge in [-0.3, -0.25) is 0 Å². The van der Waals surface area contributed by atoms with Gasteiger partial charge in [-0.1, -0.05) is 44.2 Å². The molecule has 1 aliphatic heterocycles. The highest BCUT2D eigenvalue weighted by Crippen LogP contribution is 2.34. The molecule has 0 bridgehead atoms. The normalized spacial score (nSPS) is 17.2. The molecule has 0 unspecified atom stereocenters. The average Bonchev–Trinajstić information content (AvgIpc) is 2.61. The van der Waals surface area contributed by atoms with Crippen molar-refractivity contribution in [1.29, 1.82) is 0 Å². The first-order valence-electron chi connectivity index (χ1n) is 9.08. The average molecular weight is 308 g/mol. The Bertz CT molecular complexity index is 648. The predicted octanol–water partition coefficient (Wildman–Crippen LogP) is 4.79. The number of rotatable bonds is 5. The van der Waals surface area contributed by atoms with E-state index in [9.17, 15) is 0 Å². The molecule has 0 amide bonds. The molecular formula is C21H28N2. The van der Waals surface area contributed by atoms with Gasteiger partial charge in [0.2, 0.25) is 0 Å². The van der Waals surface area contributed by atoms with Crippen LogP contribution in [0.5, 0.6) is 0 Å². The maximum absolute atomic E-state index is 4.90. The molecule has 0 saturated heterocycles. The van der Waals surface area contributed by atoms with E-state index in [1.54, 1.807) is 0 Å². The summed E-state index contributed by atoms with van der Waals surface area (Å²) in [5.41, 5.74) is 5.82. The highest BCUT2D eigenvalue weighted by molar-refractivity contribution is 5.56. The third kappa shape index (κ3) is 3.12. The van der Waals surface area contributed by atoms with Crippen molar-refractivity contribution in [3.05, 3.63) is 58.8 Å². The largest absolute Gasteiger partial charge is 0.354 e. The first-order chi connectivity index (χ1) is 11.3. The van der Waals surface area contributed by atoms with Crippen molar-refractivity contribution in [2.75, 3.05) is 11.4 Å². The molecular weight excluding hydrogens is 280 g/mol. The van der Waals surface area contributed by atoms with Crippen LogP contribution in [-0.2, 0) is 19.3 Å². The summed E-state index contributed by atoms with van der Waals surface area (Å²) in [7, 11) is 0. The zero-order valence-electron chi connectivity index (χ0n) is 14.7. The van der Waals surface area contributed by atoms with E-state index < -0.39 is 0 Å². The molecule has 2 nitrogen and oxygen atoms in total. The fraction of sp³-hybridized carbons (Fsp3) is 0.476. The van der Waals surface area contributed by atoms with Gasteiger partial charge < -0.3 is 4.90 Å². The van der Waals surface area contributed by atoms with E-state index in [2.05, 4.69) is 62.2 Å². The fourth-order valence-electron chi connectivity index (χ4n) is 4.01. The second kappa shape index (κ2) is 7.16. The van der Waals surface area contributed by atoms with Crippen molar-refractivity contribution in [3.63, 3.8) is 0 Å². The molecule has 2 aromatic rings. The van der Waals surface area contributed by atoms with E-state index in [-0.39, 0.29) is 0 Å². The summed E-state index contributed by atoms with van der Waals surface area (Å²) < 4.78 is 0. The topological polar surface area (TPSA) is 16.1 Å². The Morgan fingerprint density at radius 1 is 1.13 bits per heavy atom. The van der Waals surface area contributed by atoms with Crippen molar-refractivity contribution in [2.24, 2.45) is 0 Å². The van der Waals surface area contributed by atoms with Gasteiger partial charge in [0.15, 0.2) is 0 Å². The number of pyridine rings is 1. The summed E-state index contributed by atoms with van der Waals surface area (Å²) in [6.45, 7) is 7.89. The summed E-state index contributed by atoms with van der Waals surface area (Å²) in [6, 6.07) is 11.4. The zero-order chi connectivity index (χ0) is 16.2. The van der Waals surface area contributed by atoms with Gasteiger partial charge in [0, 0.05) is 18.8 Å². The van der Waals surface area contributed by atoms with Gasteiger partial charge >= 0.3 is 0 Å². The van der Waals surface area contributed by atoms with Crippen molar-refractivity contribution in [1.82, 2.24) is 4.98 Å². The second-order valence-electron chi connectivity index (χ2n) is 6.47. The van der Waals surface area contributed by atoms with Gasteiger partial charge in [-0.05, 0) is 61.3 Å². The lowest BCUT2D eigenvalue weighted by Crippen LogP contribution is -2.40. The number of hydrogen-bond acceptors (Lipinski definition) is 2. The first kappa shape index (κ1) is 16.0. The molecule has 1 aliphatic rings. The fourth-order valence-corrected chi connectivity index (χ4v) is 4.01. The maximum Gasteiger partial charge on any atom is 0.132 e. The van der Waals surface area contributed by atoms with Crippen molar-refractivity contribution < 1.29 is 0 Å². The van der Waals surface area contributed by atoms with Gasteiger partial charge in [0.25, 0.3) is 0 Å². The Morgan fingerprint density at radius 3 is 2.57 bits per heavy atom. The lowest BCUT2D eigenvalue weighted by Gasteiger charge is -2.38. The number of fused-ring (bicyclic) bond motifs is 1. The third-order valence-electron chi connectivity index (χ3n) is 5.21. The Hall–Kier alpha value is -1.83. The molecule has 0 fully saturated rings. The number of benzene rings is 1. The molecule has 2 heterocycles. The van der Waals surface area contributed by atoms with Crippen LogP contribution in [0.25, 0.3) is 0 Å². The molecule has 0 radical (unpaired) electrons. The van der Waals surface area contributed by atoms with Crippen LogP contribution in [0.15, 0.2) is 36.5 Å². The molecule has 0 N–H and O–H groups in total. The van der Waals surface area contributed by atoms with Gasteiger partial charge in [-0.15, -0.1) is 0 Å². The third-order valence-corrected chi connectivity index (χ3v) is 5.21. The minimum absolute atomic E-state index is 0.657. The van der Waals surface area contributed by atoms with Crippen molar-refractivity contribution in [3.8, 4) is 0 Å². The number of hydrogen-bond donors (Lipinski definition) is 0. The van der Waals surface area contributed by atoms with E-state index >= 15 is 0 Å². The van der Waals surface area contributed by atoms with Gasteiger partial charge in [-0.25, -0.2) is 4.98 Å². The molecule has 2 heteroatoms. The molecule has 0 spiro atoms. The summed E-state index contributed by atoms with van der Waals surface area (Å²) in [4.78, 5) is 7.42. The number of aromatic nitrogens is 1. The summed E-state index contributed by atoms with van der Waals surface area (Å²) in [6.07, 6.45) is 7.88. The number of nitrogens with zero attached hydrogens (tertiary/aromatic N) is 2. The standard InChI is InChI=1S/C21H28N2/c1-4-18-12-13-20-19(5-2)17(14-16-10-8-7-9-11-16)15-22-21(20)23(18)6-3/h7-11,15,18H,4-6,12-14H2,1-3H3/t18-/m0/s1. The van der Waals surface area contributed by atoms with Crippen LogP contribution in [-0.4, -0.2) is 17.6 Å². The van der Waals surface area contributed by atoms with E-state index in [0.717, 1.165) is 19.4 Å². The molecule has 1 atom stereocenters. The minimum Gasteiger partial charge on any atom is -0.354 e. The Morgan fingerprint density at radius 2 is 1.91 bits per heavy atom. The lowest BCUT2D eigenvalue weighted by atomic mass is 9.89. The number of anilines is 1. The van der Waals surface area contributed by atoms with E-state index in [1.165, 1.54) is 47.3 Å². The molecule has 0 saturated carbocycles. The summed E-state index contributed by atoms with van der Waals surface area (Å²) in [5, 5.41) is 0. The van der Waals surface area contributed by atoms with Gasteiger partial charge in [0.05, 0.1) is 0 Å². The lowest BCUT2D eigenvalue weighted by molar-refractivity contribution is 0.512. The summed E-state index contributed by atoms with van der Waals surface area (Å²) >= 11 is 0. The van der Waals surface area contributed by atoms with Crippen LogP contribution in [0.2, 0.25) is 0 Å². The van der Waals surface area contributed by atoms with Gasteiger partial charge in [-0.2, -0.15) is 0 Å². The zero-order valence-corrected chi connectivity index (χ0v) is 14.7. The van der Waals surface area contributed by atoms with Crippen LogP contribution in [0.1, 0.15) is 55.9 Å². The maximum atomic E-state index is 4.90. The highest BCUT2D eigenvalue weighted by Gasteiger charge is 2.27. The van der Waals surface area contributed by atoms with E-state index in [0.29, 0.717) is 6.04 Å².